The van der Waals surface area contributed by atoms with E-state index in [1.54, 1.807) is 0 Å². The van der Waals surface area contributed by atoms with Crippen molar-refractivity contribution in [3.8, 4) is 0 Å². The molecule has 5 heteroatoms. The summed E-state index contributed by atoms with van der Waals surface area (Å²) in [7, 11) is 0. The number of carbonyl (C=O) groups is 1. The topological polar surface area (TPSA) is 63.1 Å². The largest absolute Gasteiger partial charge is 0.477 e. The van der Waals surface area contributed by atoms with Gasteiger partial charge in [0.15, 0.2) is 5.69 Å². The third kappa shape index (κ3) is 1.52. The van der Waals surface area contributed by atoms with E-state index < -0.39 is 5.97 Å². The lowest BCUT2D eigenvalue weighted by Crippen LogP contribution is -2.29. The van der Waals surface area contributed by atoms with Gasteiger partial charge in [-0.2, -0.15) is 0 Å². The van der Waals surface area contributed by atoms with Gasteiger partial charge in [-0.05, 0) is 25.3 Å². The van der Waals surface area contributed by atoms with Crippen molar-refractivity contribution in [2.75, 3.05) is 0 Å². The van der Waals surface area contributed by atoms with Gasteiger partial charge in [0.2, 0.25) is 0 Å². The van der Waals surface area contributed by atoms with Gasteiger partial charge in [0.25, 0.3) is 0 Å². The van der Waals surface area contributed by atoms with Crippen molar-refractivity contribution in [3.63, 3.8) is 0 Å². The second-order valence-electron chi connectivity index (χ2n) is 3.39. The number of carboxylic acid groups (broad SMARTS) is 1. The molecule has 0 radical (unpaired) electrons. The number of rotatable bonds is 2. The number of nitrogens with zero attached hydrogens (tertiary/aromatic N) is 2. The second kappa shape index (κ2) is 3.31. The highest BCUT2D eigenvalue weighted by Gasteiger charge is 2.38. The van der Waals surface area contributed by atoms with Gasteiger partial charge < -0.3 is 5.11 Å². The van der Waals surface area contributed by atoms with E-state index in [1.165, 1.54) is 12.3 Å². The molecular weight excluding hydrogens is 248 g/mol. The van der Waals surface area contributed by atoms with Crippen molar-refractivity contribution < 1.29 is 9.90 Å². The molecule has 1 aliphatic rings. The molecule has 0 aromatic carbocycles. The Morgan fingerprint density at radius 3 is 2.79 bits per heavy atom. The van der Waals surface area contributed by atoms with Crippen LogP contribution in [0.3, 0.4) is 0 Å². The molecule has 4 nitrogen and oxygen atoms in total. The predicted molar refractivity (Wildman–Crippen MR) is 53.4 cm³/mol. The summed E-state index contributed by atoms with van der Waals surface area (Å²) in [5.41, 5.74) is 0.0562. The SMILES string of the molecule is O=C(O)c1ccnc(C2(Br)CCC2)n1. The van der Waals surface area contributed by atoms with Crippen molar-refractivity contribution in [1.29, 1.82) is 0 Å². The highest BCUT2D eigenvalue weighted by molar-refractivity contribution is 9.09. The maximum Gasteiger partial charge on any atom is 0.354 e. The molecule has 1 aromatic rings. The van der Waals surface area contributed by atoms with Gasteiger partial charge in [0.1, 0.15) is 5.82 Å². The summed E-state index contributed by atoms with van der Waals surface area (Å²) >= 11 is 3.54. The molecule has 1 saturated carbocycles. The standard InChI is InChI=1S/C9H9BrN2O2/c10-9(3-1-4-9)8-11-5-2-6(12-8)7(13)14/h2,5H,1,3-4H2,(H,13,14). The lowest BCUT2D eigenvalue weighted by atomic mass is 9.84. The van der Waals surface area contributed by atoms with E-state index in [9.17, 15) is 4.79 Å². The first-order valence-corrected chi connectivity index (χ1v) is 5.17. The van der Waals surface area contributed by atoms with E-state index in [2.05, 4.69) is 25.9 Å². The third-order valence-corrected chi connectivity index (χ3v) is 3.57. The van der Waals surface area contributed by atoms with Crippen molar-refractivity contribution in [2.45, 2.75) is 23.6 Å². The molecule has 0 unspecified atom stereocenters. The Labute approximate surface area is 89.5 Å². The Morgan fingerprint density at radius 1 is 1.57 bits per heavy atom. The first-order chi connectivity index (χ1) is 6.62. The zero-order valence-corrected chi connectivity index (χ0v) is 8.99. The summed E-state index contributed by atoms with van der Waals surface area (Å²) in [6.45, 7) is 0. The van der Waals surface area contributed by atoms with Gasteiger partial charge in [-0.15, -0.1) is 0 Å². The first-order valence-electron chi connectivity index (χ1n) is 4.37. The van der Waals surface area contributed by atoms with Crippen LogP contribution in [0.4, 0.5) is 0 Å². The molecule has 0 bridgehead atoms. The van der Waals surface area contributed by atoms with Crippen LogP contribution in [0.15, 0.2) is 12.3 Å². The fourth-order valence-electron chi connectivity index (χ4n) is 1.40. The van der Waals surface area contributed by atoms with E-state index in [0.29, 0.717) is 5.82 Å². The van der Waals surface area contributed by atoms with Crippen LogP contribution in [0.2, 0.25) is 0 Å². The van der Waals surface area contributed by atoms with Crippen molar-refractivity contribution in [2.24, 2.45) is 0 Å². The van der Waals surface area contributed by atoms with Crippen LogP contribution in [0.5, 0.6) is 0 Å². The molecule has 74 valence electrons. The molecule has 14 heavy (non-hydrogen) atoms. The lowest BCUT2D eigenvalue weighted by molar-refractivity contribution is 0.0689. The average molecular weight is 257 g/mol. The van der Waals surface area contributed by atoms with Crippen molar-refractivity contribution in [1.82, 2.24) is 9.97 Å². The van der Waals surface area contributed by atoms with Crippen LogP contribution in [0.25, 0.3) is 0 Å². The Morgan fingerprint density at radius 2 is 2.29 bits per heavy atom. The van der Waals surface area contributed by atoms with Crippen LogP contribution in [-0.2, 0) is 4.32 Å². The molecule has 0 aliphatic heterocycles. The van der Waals surface area contributed by atoms with Gasteiger partial charge in [0, 0.05) is 6.20 Å². The smallest absolute Gasteiger partial charge is 0.354 e. The molecule has 1 fully saturated rings. The Kier molecular flexibility index (Phi) is 2.26. The predicted octanol–water partition coefficient (Wildman–Crippen LogP) is 1.95. The van der Waals surface area contributed by atoms with E-state index >= 15 is 0 Å². The monoisotopic (exact) mass is 256 g/mol. The summed E-state index contributed by atoms with van der Waals surface area (Å²) in [6, 6.07) is 1.40. The molecule has 1 heterocycles. The quantitative estimate of drug-likeness (QED) is 0.822. The molecular formula is C9H9BrN2O2. The zero-order chi connectivity index (χ0) is 10.2. The molecule has 2 rings (SSSR count). The van der Waals surface area contributed by atoms with Gasteiger partial charge in [-0.25, -0.2) is 14.8 Å². The fourth-order valence-corrected chi connectivity index (χ4v) is 2.16. The summed E-state index contributed by atoms with van der Waals surface area (Å²) in [6.07, 6.45) is 4.56. The number of aromatic carboxylic acids is 1. The number of carboxylic acids is 1. The lowest BCUT2D eigenvalue weighted by Gasteiger charge is -2.34. The number of alkyl halides is 1. The minimum Gasteiger partial charge on any atom is -0.477 e. The molecule has 0 spiro atoms. The number of halogens is 1. The minimum atomic E-state index is -1.01. The third-order valence-electron chi connectivity index (χ3n) is 2.42. The van der Waals surface area contributed by atoms with Crippen LogP contribution < -0.4 is 0 Å². The maximum absolute atomic E-state index is 10.7. The highest BCUT2D eigenvalue weighted by Crippen LogP contribution is 2.47. The molecule has 0 saturated heterocycles. The second-order valence-corrected chi connectivity index (χ2v) is 4.91. The van der Waals surface area contributed by atoms with Crippen molar-refractivity contribution in [3.05, 3.63) is 23.8 Å². The number of hydrogen-bond donors (Lipinski definition) is 1. The van der Waals surface area contributed by atoms with Crippen molar-refractivity contribution >= 4 is 21.9 Å². The summed E-state index contributed by atoms with van der Waals surface area (Å²) in [4.78, 5) is 18.8. The molecule has 0 amide bonds. The van der Waals surface area contributed by atoms with Gasteiger partial charge in [-0.3, -0.25) is 0 Å². The summed E-state index contributed by atoms with van der Waals surface area (Å²) in [5, 5.41) is 8.76. The number of hydrogen-bond acceptors (Lipinski definition) is 3. The minimum absolute atomic E-state index is 0.0562. The van der Waals surface area contributed by atoms with E-state index in [-0.39, 0.29) is 10.0 Å². The van der Waals surface area contributed by atoms with Crippen LogP contribution in [0.1, 0.15) is 35.6 Å². The Hall–Kier alpha value is -0.970. The average Bonchev–Trinajstić information content (AvgIpc) is 2.14. The fraction of sp³-hybridized carbons (Fsp3) is 0.444. The molecule has 1 N–H and O–H groups in total. The maximum atomic E-state index is 10.7. The van der Waals surface area contributed by atoms with Gasteiger partial charge >= 0.3 is 5.97 Å². The van der Waals surface area contributed by atoms with Gasteiger partial charge in [0.05, 0.1) is 4.32 Å². The Balaban J connectivity index is 2.35. The molecule has 0 atom stereocenters. The highest BCUT2D eigenvalue weighted by atomic mass is 79.9. The van der Waals surface area contributed by atoms with E-state index in [4.69, 9.17) is 5.11 Å². The first kappa shape index (κ1) is 9.58. The van der Waals surface area contributed by atoms with Gasteiger partial charge in [-0.1, -0.05) is 15.9 Å². The Bertz CT molecular complexity index is 377. The summed E-state index contributed by atoms with van der Waals surface area (Å²) < 4.78 is -0.182. The van der Waals surface area contributed by atoms with E-state index in [0.717, 1.165) is 19.3 Å². The van der Waals surface area contributed by atoms with E-state index in [1.807, 2.05) is 0 Å². The normalized spacial score (nSPS) is 18.6. The van der Waals surface area contributed by atoms with Crippen LogP contribution >= 0.6 is 15.9 Å². The summed E-state index contributed by atoms with van der Waals surface area (Å²) in [5.74, 6) is -0.423. The number of aromatic nitrogens is 2. The van der Waals surface area contributed by atoms with Crippen LogP contribution in [-0.4, -0.2) is 21.0 Å². The molecule has 1 aromatic heterocycles. The zero-order valence-electron chi connectivity index (χ0n) is 7.40. The molecule has 1 aliphatic carbocycles. The van der Waals surface area contributed by atoms with Crippen LogP contribution in [0, 0.1) is 0 Å².